The Labute approximate surface area is 114 Å². The molecule has 1 fully saturated rings. The number of aryl methyl sites for hydroxylation is 1. The molecule has 0 bridgehead atoms. The second kappa shape index (κ2) is 5.41. The zero-order valence-corrected chi connectivity index (χ0v) is 12.3. The molecule has 0 aliphatic carbocycles. The molecule has 0 N–H and O–H groups in total. The molecule has 1 aromatic rings. The van der Waals surface area contributed by atoms with Gasteiger partial charge < -0.3 is 9.80 Å². The van der Waals surface area contributed by atoms with E-state index in [4.69, 9.17) is 11.6 Å². The van der Waals surface area contributed by atoms with Crippen molar-refractivity contribution in [2.24, 2.45) is 0 Å². The van der Waals surface area contributed by atoms with Crippen molar-refractivity contribution in [2.45, 2.75) is 32.7 Å². The standard InChI is InChI=1S/C13H21ClN4/c1-9-12(14)15-10(2)16-13(9)18-7-5-6-11(18)8-17(3)4/h11H,5-8H2,1-4H3. The van der Waals surface area contributed by atoms with Gasteiger partial charge in [-0.05, 0) is 40.8 Å². The van der Waals surface area contributed by atoms with Crippen LogP contribution in [-0.4, -0.2) is 48.1 Å². The van der Waals surface area contributed by atoms with Gasteiger partial charge in [-0.25, -0.2) is 9.97 Å². The third-order valence-corrected chi connectivity index (χ3v) is 3.77. The van der Waals surface area contributed by atoms with Gasteiger partial charge in [0.15, 0.2) is 0 Å². The maximum absolute atomic E-state index is 6.16. The van der Waals surface area contributed by atoms with E-state index in [1.807, 2.05) is 13.8 Å². The molecule has 100 valence electrons. The molecule has 0 spiro atoms. The fraction of sp³-hybridized carbons (Fsp3) is 0.692. The molecule has 1 unspecified atom stereocenters. The zero-order valence-electron chi connectivity index (χ0n) is 11.6. The van der Waals surface area contributed by atoms with Gasteiger partial charge in [-0.2, -0.15) is 0 Å². The summed E-state index contributed by atoms with van der Waals surface area (Å²) in [5.74, 6) is 1.76. The molecule has 1 saturated heterocycles. The van der Waals surface area contributed by atoms with Crippen molar-refractivity contribution in [1.82, 2.24) is 14.9 Å². The molecule has 4 nitrogen and oxygen atoms in total. The van der Waals surface area contributed by atoms with Gasteiger partial charge >= 0.3 is 0 Å². The fourth-order valence-electron chi connectivity index (χ4n) is 2.59. The number of aromatic nitrogens is 2. The van der Waals surface area contributed by atoms with Crippen molar-refractivity contribution < 1.29 is 0 Å². The van der Waals surface area contributed by atoms with Gasteiger partial charge in [-0.15, -0.1) is 0 Å². The predicted molar refractivity (Wildman–Crippen MR) is 75.4 cm³/mol. The molecule has 5 heteroatoms. The lowest BCUT2D eigenvalue weighted by molar-refractivity contribution is 0.371. The van der Waals surface area contributed by atoms with Gasteiger partial charge in [0, 0.05) is 24.7 Å². The maximum atomic E-state index is 6.16. The molecule has 1 atom stereocenters. The van der Waals surface area contributed by atoms with Crippen LogP contribution in [0.5, 0.6) is 0 Å². The van der Waals surface area contributed by atoms with Gasteiger partial charge in [0.1, 0.15) is 16.8 Å². The smallest absolute Gasteiger partial charge is 0.137 e. The first-order valence-corrected chi connectivity index (χ1v) is 6.79. The summed E-state index contributed by atoms with van der Waals surface area (Å²) in [6.07, 6.45) is 2.44. The molecule has 1 aliphatic heterocycles. The first-order valence-electron chi connectivity index (χ1n) is 6.41. The topological polar surface area (TPSA) is 32.3 Å². The van der Waals surface area contributed by atoms with Gasteiger partial charge in [0.25, 0.3) is 0 Å². The van der Waals surface area contributed by atoms with Gasteiger partial charge in [-0.3, -0.25) is 0 Å². The highest BCUT2D eigenvalue weighted by Gasteiger charge is 2.28. The molecule has 2 heterocycles. The van der Waals surface area contributed by atoms with E-state index in [1.54, 1.807) is 0 Å². The number of anilines is 1. The Kier molecular flexibility index (Phi) is 4.07. The summed E-state index contributed by atoms with van der Waals surface area (Å²) in [6, 6.07) is 0.532. The van der Waals surface area contributed by atoms with Gasteiger partial charge in [0.2, 0.25) is 0 Å². The van der Waals surface area contributed by atoms with Crippen molar-refractivity contribution >= 4 is 17.4 Å². The third-order valence-electron chi connectivity index (χ3n) is 3.40. The first-order chi connectivity index (χ1) is 8.49. The van der Waals surface area contributed by atoms with Crippen molar-refractivity contribution in [3.63, 3.8) is 0 Å². The summed E-state index contributed by atoms with van der Waals surface area (Å²) in [6.45, 7) is 6.01. The summed E-state index contributed by atoms with van der Waals surface area (Å²) in [4.78, 5) is 13.4. The van der Waals surface area contributed by atoms with Gasteiger partial charge in [0.05, 0.1) is 0 Å². The maximum Gasteiger partial charge on any atom is 0.137 e. The average Bonchev–Trinajstić information content (AvgIpc) is 2.70. The minimum atomic E-state index is 0.532. The monoisotopic (exact) mass is 268 g/mol. The molecule has 1 aliphatic rings. The van der Waals surface area contributed by atoms with Crippen LogP contribution >= 0.6 is 11.6 Å². The lowest BCUT2D eigenvalue weighted by atomic mass is 10.2. The van der Waals surface area contributed by atoms with E-state index in [0.29, 0.717) is 11.2 Å². The summed E-state index contributed by atoms with van der Waals surface area (Å²) in [7, 11) is 4.23. The van der Waals surface area contributed by atoms with E-state index in [2.05, 4.69) is 33.9 Å². The SMILES string of the molecule is Cc1nc(Cl)c(C)c(N2CCCC2CN(C)C)n1. The number of hydrogen-bond acceptors (Lipinski definition) is 4. The quantitative estimate of drug-likeness (QED) is 0.788. The number of likely N-dealkylation sites (N-methyl/N-ethyl adjacent to an activating group) is 1. The van der Waals surface area contributed by atoms with Crippen LogP contribution in [0, 0.1) is 13.8 Å². The lowest BCUT2D eigenvalue weighted by Crippen LogP contribution is -2.38. The van der Waals surface area contributed by atoms with Crippen molar-refractivity contribution in [1.29, 1.82) is 0 Å². The first kappa shape index (κ1) is 13.6. The molecule has 1 aromatic heterocycles. The van der Waals surface area contributed by atoms with Crippen molar-refractivity contribution in [2.75, 3.05) is 32.1 Å². The van der Waals surface area contributed by atoms with E-state index >= 15 is 0 Å². The van der Waals surface area contributed by atoms with Crippen molar-refractivity contribution in [3.8, 4) is 0 Å². The molecular weight excluding hydrogens is 248 g/mol. The van der Waals surface area contributed by atoms with E-state index in [9.17, 15) is 0 Å². The third kappa shape index (κ3) is 2.75. The summed E-state index contributed by atoms with van der Waals surface area (Å²) in [5, 5.41) is 0.577. The highest BCUT2D eigenvalue weighted by molar-refractivity contribution is 6.30. The molecule has 0 amide bonds. The van der Waals surface area contributed by atoms with E-state index in [1.165, 1.54) is 12.8 Å². The number of nitrogens with zero attached hydrogens (tertiary/aromatic N) is 4. The Balaban J connectivity index is 2.30. The Morgan fingerprint density at radius 1 is 1.33 bits per heavy atom. The van der Waals surface area contributed by atoms with E-state index in [-0.39, 0.29) is 0 Å². The average molecular weight is 269 g/mol. The Morgan fingerprint density at radius 3 is 2.72 bits per heavy atom. The van der Waals surface area contributed by atoms with E-state index in [0.717, 1.165) is 30.3 Å². The lowest BCUT2D eigenvalue weighted by Gasteiger charge is -2.29. The van der Waals surface area contributed by atoms with Crippen LogP contribution < -0.4 is 4.90 Å². The molecule has 0 radical (unpaired) electrons. The second-order valence-electron chi connectivity index (χ2n) is 5.26. The summed E-state index contributed by atoms with van der Waals surface area (Å²) in [5.41, 5.74) is 0.993. The predicted octanol–water partition coefficient (Wildman–Crippen LogP) is 2.28. The molecule has 0 aromatic carbocycles. The van der Waals surface area contributed by atoms with Crippen LogP contribution in [0.3, 0.4) is 0 Å². The molecule has 18 heavy (non-hydrogen) atoms. The van der Waals surface area contributed by atoms with Crippen LogP contribution in [0.2, 0.25) is 5.15 Å². The molecular formula is C13H21ClN4. The fourth-order valence-corrected chi connectivity index (χ4v) is 2.79. The normalized spacial score (nSPS) is 19.9. The zero-order chi connectivity index (χ0) is 13.3. The Hall–Kier alpha value is -0.870. The van der Waals surface area contributed by atoms with E-state index < -0.39 is 0 Å². The Bertz CT molecular complexity index is 433. The minimum Gasteiger partial charge on any atom is -0.352 e. The van der Waals surface area contributed by atoms with Crippen molar-refractivity contribution in [3.05, 3.63) is 16.5 Å². The highest BCUT2D eigenvalue weighted by Crippen LogP contribution is 2.29. The second-order valence-corrected chi connectivity index (χ2v) is 5.62. The Morgan fingerprint density at radius 2 is 2.06 bits per heavy atom. The largest absolute Gasteiger partial charge is 0.352 e. The minimum absolute atomic E-state index is 0.532. The number of rotatable bonds is 3. The van der Waals surface area contributed by atoms with Crippen LogP contribution in [0.1, 0.15) is 24.2 Å². The molecule has 0 saturated carbocycles. The summed E-state index contributed by atoms with van der Waals surface area (Å²) >= 11 is 6.16. The van der Waals surface area contributed by atoms with Crippen LogP contribution in [0.4, 0.5) is 5.82 Å². The molecule has 2 rings (SSSR count). The number of hydrogen-bond donors (Lipinski definition) is 0. The van der Waals surface area contributed by atoms with Crippen LogP contribution in [-0.2, 0) is 0 Å². The summed E-state index contributed by atoms with van der Waals surface area (Å²) < 4.78 is 0. The van der Waals surface area contributed by atoms with Crippen LogP contribution in [0.15, 0.2) is 0 Å². The van der Waals surface area contributed by atoms with Crippen LogP contribution in [0.25, 0.3) is 0 Å². The number of halogens is 1. The highest BCUT2D eigenvalue weighted by atomic mass is 35.5. The van der Waals surface area contributed by atoms with Gasteiger partial charge in [-0.1, -0.05) is 11.6 Å².